The van der Waals surface area contributed by atoms with Gasteiger partial charge in [-0.3, -0.25) is 10.1 Å². The molecule has 0 spiro atoms. The lowest BCUT2D eigenvalue weighted by Gasteiger charge is -2.14. The number of halogens is 1. The third-order valence-corrected chi connectivity index (χ3v) is 2.22. The number of ether oxygens (including phenoxy) is 1. The number of pyridine rings is 1. The number of carbonyl (C=O) groups is 1. The molecule has 98 valence electrons. The van der Waals surface area contributed by atoms with E-state index in [1.54, 1.807) is 0 Å². The topological polar surface area (TPSA) is 115 Å². The monoisotopic (exact) mass is 275 g/mol. The molecule has 0 aliphatic rings. The van der Waals surface area contributed by atoms with Gasteiger partial charge in [-0.15, -0.1) is 0 Å². The van der Waals surface area contributed by atoms with Crippen LogP contribution < -0.4 is 5.32 Å². The Morgan fingerprint density at radius 2 is 2.44 bits per heavy atom. The van der Waals surface area contributed by atoms with E-state index < -0.39 is 29.2 Å². The van der Waals surface area contributed by atoms with Crippen LogP contribution in [-0.4, -0.2) is 40.7 Å². The molecule has 1 rings (SSSR count). The number of anilines is 1. The van der Waals surface area contributed by atoms with Crippen LogP contribution >= 0.6 is 11.6 Å². The lowest BCUT2D eigenvalue weighted by molar-refractivity contribution is -0.384. The Labute approximate surface area is 107 Å². The van der Waals surface area contributed by atoms with E-state index in [-0.39, 0.29) is 10.8 Å². The van der Waals surface area contributed by atoms with E-state index in [0.717, 1.165) is 13.2 Å². The highest BCUT2D eigenvalue weighted by Crippen LogP contribution is 2.25. The minimum absolute atomic E-state index is 0.0888. The van der Waals surface area contributed by atoms with Crippen LogP contribution in [-0.2, 0) is 9.53 Å². The predicted octanol–water partition coefficient (Wildman–Crippen LogP) is 0.589. The predicted molar refractivity (Wildman–Crippen MR) is 62.4 cm³/mol. The van der Waals surface area contributed by atoms with Gasteiger partial charge >= 0.3 is 11.7 Å². The number of nitrogens with one attached hydrogen (secondary N) is 1. The maximum Gasteiger partial charge on any atom is 0.330 e. The summed E-state index contributed by atoms with van der Waals surface area (Å²) in [6, 6.07) is -0.0508. The summed E-state index contributed by atoms with van der Waals surface area (Å²) in [6.07, 6.45) is 1.18. The van der Waals surface area contributed by atoms with Crippen LogP contribution in [0.4, 0.5) is 11.5 Å². The molecule has 1 atom stereocenters. The fourth-order valence-electron chi connectivity index (χ4n) is 1.17. The minimum atomic E-state index is -1.14. The van der Waals surface area contributed by atoms with E-state index in [4.69, 9.17) is 16.7 Å². The quantitative estimate of drug-likeness (QED) is 0.459. The van der Waals surface area contributed by atoms with Gasteiger partial charge in [0.05, 0.1) is 23.7 Å². The minimum Gasteiger partial charge on any atom is -0.467 e. The van der Waals surface area contributed by atoms with Crippen LogP contribution in [0.5, 0.6) is 0 Å². The average molecular weight is 276 g/mol. The molecule has 1 aromatic rings. The van der Waals surface area contributed by atoms with Crippen molar-refractivity contribution in [3.8, 4) is 0 Å². The summed E-state index contributed by atoms with van der Waals surface area (Å²) in [7, 11) is 1.14. The fourth-order valence-corrected chi connectivity index (χ4v) is 1.32. The molecule has 0 bridgehead atoms. The van der Waals surface area contributed by atoms with Gasteiger partial charge in [0, 0.05) is 12.3 Å². The second-order valence-electron chi connectivity index (χ2n) is 3.18. The molecule has 0 aliphatic heterocycles. The van der Waals surface area contributed by atoms with Gasteiger partial charge in [-0.05, 0) is 0 Å². The van der Waals surface area contributed by atoms with E-state index in [9.17, 15) is 14.9 Å². The van der Waals surface area contributed by atoms with Crippen molar-refractivity contribution in [3.05, 3.63) is 27.4 Å². The van der Waals surface area contributed by atoms with Gasteiger partial charge < -0.3 is 15.2 Å². The average Bonchev–Trinajstić information content (AvgIpc) is 2.36. The van der Waals surface area contributed by atoms with E-state index >= 15 is 0 Å². The highest BCUT2D eigenvalue weighted by Gasteiger charge is 2.23. The van der Waals surface area contributed by atoms with Crippen LogP contribution in [0.3, 0.4) is 0 Å². The largest absolute Gasteiger partial charge is 0.467 e. The molecule has 1 unspecified atom stereocenters. The first-order valence-corrected chi connectivity index (χ1v) is 5.12. The Bertz CT molecular complexity index is 468. The van der Waals surface area contributed by atoms with Gasteiger partial charge in [0.1, 0.15) is 6.04 Å². The second kappa shape index (κ2) is 6.12. The van der Waals surface area contributed by atoms with E-state index in [0.29, 0.717) is 0 Å². The zero-order chi connectivity index (χ0) is 13.7. The number of aliphatic hydroxyl groups is 1. The Morgan fingerprint density at radius 3 is 2.94 bits per heavy atom. The summed E-state index contributed by atoms with van der Waals surface area (Å²) in [5.74, 6) is -0.933. The first kappa shape index (κ1) is 14.1. The van der Waals surface area contributed by atoms with Crippen LogP contribution in [0.15, 0.2) is 12.3 Å². The lowest BCUT2D eigenvalue weighted by atomic mass is 10.3. The van der Waals surface area contributed by atoms with Crippen molar-refractivity contribution in [2.45, 2.75) is 6.04 Å². The van der Waals surface area contributed by atoms with Gasteiger partial charge in [0.15, 0.2) is 0 Å². The molecule has 18 heavy (non-hydrogen) atoms. The van der Waals surface area contributed by atoms with Crippen LogP contribution in [0.2, 0.25) is 5.02 Å². The maximum atomic E-state index is 11.2. The molecule has 0 fully saturated rings. The number of carbonyl (C=O) groups excluding carboxylic acids is 1. The molecular weight excluding hydrogens is 266 g/mol. The van der Waals surface area contributed by atoms with Gasteiger partial charge in [0.2, 0.25) is 5.82 Å². The molecular formula is C9H10ClN3O5. The van der Waals surface area contributed by atoms with Gasteiger partial charge in [-0.1, -0.05) is 11.6 Å². The van der Waals surface area contributed by atoms with Gasteiger partial charge in [-0.2, -0.15) is 0 Å². The fraction of sp³-hybridized carbons (Fsp3) is 0.333. The molecule has 8 nitrogen and oxygen atoms in total. The Kier molecular flexibility index (Phi) is 4.81. The number of nitro groups is 1. The van der Waals surface area contributed by atoms with E-state index in [1.807, 2.05) is 0 Å². The number of methoxy groups -OCH3 is 1. The van der Waals surface area contributed by atoms with Crippen molar-refractivity contribution in [3.63, 3.8) is 0 Å². The van der Waals surface area contributed by atoms with Gasteiger partial charge in [0.25, 0.3) is 0 Å². The maximum absolute atomic E-state index is 11.2. The molecule has 1 aromatic heterocycles. The van der Waals surface area contributed by atoms with Gasteiger partial charge in [-0.25, -0.2) is 9.78 Å². The lowest BCUT2D eigenvalue weighted by Crippen LogP contribution is -2.34. The Hall–Kier alpha value is -1.93. The van der Waals surface area contributed by atoms with E-state index in [2.05, 4.69) is 15.0 Å². The van der Waals surface area contributed by atoms with Crippen molar-refractivity contribution in [1.82, 2.24) is 4.98 Å². The van der Waals surface area contributed by atoms with Crippen LogP contribution in [0.25, 0.3) is 0 Å². The molecule has 0 amide bonds. The summed E-state index contributed by atoms with van der Waals surface area (Å²) in [4.78, 5) is 25.0. The third kappa shape index (κ3) is 3.28. The molecule has 0 aliphatic carbocycles. The number of esters is 1. The number of hydrogen-bond donors (Lipinski definition) is 2. The molecule has 0 radical (unpaired) electrons. The van der Waals surface area contributed by atoms with Crippen LogP contribution in [0.1, 0.15) is 0 Å². The summed E-state index contributed by atoms with van der Waals surface area (Å²) in [6.45, 7) is -0.589. The zero-order valence-corrected chi connectivity index (χ0v) is 10.0. The number of hydrogen-bond acceptors (Lipinski definition) is 7. The van der Waals surface area contributed by atoms with E-state index in [1.165, 1.54) is 6.20 Å². The normalized spacial score (nSPS) is 11.7. The molecule has 0 saturated carbocycles. The summed E-state index contributed by atoms with van der Waals surface area (Å²) in [5, 5.41) is 22.3. The highest BCUT2D eigenvalue weighted by molar-refractivity contribution is 6.30. The Balaban J connectivity index is 3.02. The van der Waals surface area contributed by atoms with Crippen molar-refractivity contribution in [2.75, 3.05) is 19.0 Å². The van der Waals surface area contributed by atoms with Crippen LogP contribution in [0, 0.1) is 10.1 Å². The summed E-state index contributed by atoms with van der Waals surface area (Å²) >= 11 is 5.59. The van der Waals surface area contributed by atoms with Crippen molar-refractivity contribution in [1.29, 1.82) is 0 Å². The number of aliphatic hydroxyl groups excluding tert-OH is 1. The molecule has 9 heteroatoms. The standard InChI is InChI=1S/C9H10ClN3O5/c1-18-9(15)6(4-14)12-8-7(13(16)17)2-5(10)3-11-8/h2-3,6,14H,4H2,1H3,(H,11,12). The number of aromatic nitrogens is 1. The first-order valence-electron chi connectivity index (χ1n) is 4.74. The highest BCUT2D eigenvalue weighted by atomic mass is 35.5. The van der Waals surface area contributed by atoms with Crippen molar-refractivity contribution in [2.24, 2.45) is 0 Å². The SMILES string of the molecule is COC(=O)C(CO)Nc1ncc(Cl)cc1[N+](=O)[O-]. The summed E-state index contributed by atoms with van der Waals surface area (Å²) < 4.78 is 4.41. The molecule has 1 heterocycles. The first-order chi connectivity index (χ1) is 8.49. The summed E-state index contributed by atoms with van der Waals surface area (Å²) in [5.41, 5.74) is -0.398. The van der Waals surface area contributed by atoms with Crippen molar-refractivity contribution < 1.29 is 19.6 Å². The zero-order valence-electron chi connectivity index (χ0n) is 9.29. The third-order valence-electron chi connectivity index (χ3n) is 2.01. The number of nitrogens with zero attached hydrogens (tertiary/aromatic N) is 2. The molecule has 0 aromatic carbocycles. The van der Waals surface area contributed by atoms with Crippen molar-refractivity contribution >= 4 is 29.1 Å². The Morgan fingerprint density at radius 1 is 1.78 bits per heavy atom. The number of rotatable bonds is 5. The smallest absolute Gasteiger partial charge is 0.330 e. The second-order valence-corrected chi connectivity index (χ2v) is 3.62. The molecule has 2 N–H and O–H groups in total. The molecule has 0 saturated heterocycles.